The molecule has 16 heavy (non-hydrogen) atoms. The fraction of sp³-hybridized carbons (Fsp3) is 0.900. The van der Waals surface area contributed by atoms with E-state index >= 15 is 0 Å². The van der Waals surface area contributed by atoms with Crippen molar-refractivity contribution in [2.24, 2.45) is 12.8 Å². The molecule has 6 heteroatoms. The Kier molecular flexibility index (Phi) is 3.84. The second-order valence-electron chi connectivity index (χ2n) is 4.38. The third-order valence-corrected chi connectivity index (χ3v) is 2.83. The van der Waals surface area contributed by atoms with Gasteiger partial charge in [-0.2, -0.15) is 4.80 Å². The molecule has 1 aromatic rings. The van der Waals surface area contributed by atoms with Gasteiger partial charge in [0.15, 0.2) is 5.82 Å². The van der Waals surface area contributed by atoms with Crippen molar-refractivity contribution in [2.45, 2.75) is 44.2 Å². The average molecular weight is 225 g/mol. The number of hydrogen-bond acceptors (Lipinski definition) is 5. The van der Waals surface area contributed by atoms with E-state index in [4.69, 9.17) is 10.5 Å². The molecule has 0 aromatic carbocycles. The summed E-state index contributed by atoms with van der Waals surface area (Å²) in [5.41, 5.74) is 6.05. The molecule has 0 bridgehead atoms. The highest BCUT2D eigenvalue weighted by molar-refractivity contribution is 4.84. The van der Waals surface area contributed by atoms with Crippen molar-refractivity contribution < 1.29 is 4.74 Å². The summed E-state index contributed by atoms with van der Waals surface area (Å²) in [4.78, 5) is 1.46. The molecule has 6 nitrogen and oxygen atoms in total. The predicted octanol–water partition coefficient (Wildman–Crippen LogP) is 0.0391. The van der Waals surface area contributed by atoms with Crippen LogP contribution in [0, 0.1) is 0 Å². The van der Waals surface area contributed by atoms with Crippen LogP contribution >= 0.6 is 0 Å². The lowest BCUT2D eigenvalue weighted by atomic mass is 10.0. The van der Waals surface area contributed by atoms with Crippen molar-refractivity contribution >= 4 is 0 Å². The van der Waals surface area contributed by atoms with Gasteiger partial charge in [-0.25, -0.2) is 0 Å². The molecule has 0 saturated carbocycles. The third-order valence-electron chi connectivity index (χ3n) is 2.83. The minimum Gasteiger partial charge on any atom is -0.378 e. The van der Waals surface area contributed by atoms with Crippen LogP contribution in [-0.2, 0) is 18.2 Å². The third kappa shape index (κ3) is 3.24. The largest absolute Gasteiger partial charge is 0.378 e. The summed E-state index contributed by atoms with van der Waals surface area (Å²) in [6.07, 6.45) is 5.44. The molecule has 1 saturated heterocycles. The Morgan fingerprint density at radius 2 is 2.44 bits per heavy atom. The molecule has 1 aliphatic rings. The zero-order chi connectivity index (χ0) is 11.4. The first-order chi connectivity index (χ1) is 7.74. The molecule has 1 fully saturated rings. The molecule has 2 heterocycles. The molecule has 2 rings (SSSR count). The van der Waals surface area contributed by atoms with Gasteiger partial charge in [0.2, 0.25) is 0 Å². The van der Waals surface area contributed by atoms with Crippen LogP contribution in [0.3, 0.4) is 0 Å². The number of hydrogen-bond donors (Lipinski definition) is 1. The van der Waals surface area contributed by atoms with Crippen LogP contribution in [0.25, 0.3) is 0 Å². The van der Waals surface area contributed by atoms with Crippen molar-refractivity contribution in [2.75, 3.05) is 6.61 Å². The minimum absolute atomic E-state index is 0.0623. The van der Waals surface area contributed by atoms with Gasteiger partial charge in [0.1, 0.15) is 0 Å². The number of tetrazole rings is 1. The average Bonchev–Trinajstić information content (AvgIpc) is 2.65. The fourth-order valence-corrected chi connectivity index (χ4v) is 2.05. The van der Waals surface area contributed by atoms with E-state index < -0.39 is 0 Å². The van der Waals surface area contributed by atoms with Crippen LogP contribution in [0.2, 0.25) is 0 Å². The number of ether oxygens (including phenoxy) is 1. The summed E-state index contributed by atoms with van der Waals surface area (Å²) in [5, 5.41) is 11.8. The number of aryl methyl sites for hydroxylation is 1. The Morgan fingerprint density at radius 3 is 3.06 bits per heavy atom. The minimum atomic E-state index is 0.0623. The summed E-state index contributed by atoms with van der Waals surface area (Å²) in [6.45, 7) is 0.876. The number of rotatable bonds is 4. The molecule has 0 spiro atoms. The lowest BCUT2D eigenvalue weighted by molar-refractivity contribution is 0.00738. The van der Waals surface area contributed by atoms with E-state index in [2.05, 4.69) is 15.4 Å². The van der Waals surface area contributed by atoms with Crippen molar-refractivity contribution in [3.8, 4) is 0 Å². The van der Waals surface area contributed by atoms with Crippen LogP contribution in [0.15, 0.2) is 0 Å². The molecule has 1 aliphatic heterocycles. The van der Waals surface area contributed by atoms with Gasteiger partial charge in [-0.1, -0.05) is 0 Å². The van der Waals surface area contributed by atoms with Crippen LogP contribution < -0.4 is 5.73 Å². The van der Waals surface area contributed by atoms with E-state index in [9.17, 15) is 0 Å². The van der Waals surface area contributed by atoms with Crippen molar-refractivity contribution in [1.29, 1.82) is 0 Å². The lowest BCUT2D eigenvalue weighted by Crippen LogP contribution is -2.31. The van der Waals surface area contributed by atoms with E-state index in [1.165, 1.54) is 17.6 Å². The zero-order valence-electron chi connectivity index (χ0n) is 9.67. The van der Waals surface area contributed by atoms with Gasteiger partial charge in [0.05, 0.1) is 13.2 Å². The summed E-state index contributed by atoms with van der Waals surface area (Å²) < 4.78 is 5.65. The van der Waals surface area contributed by atoms with Gasteiger partial charge in [-0.05, 0) is 30.9 Å². The van der Waals surface area contributed by atoms with Crippen molar-refractivity contribution in [3.63, 3.8) is 0 Å². The van der Waals surface area contributed by atoms with Gasteiger partial charge in [-0.15, -0.1) is 10.2 Å². The maximum absolute atomic E-state index is 6.05. The Morgan fingerprint density at radius 1 is 1.56 bits per heavy atom. The second-order valence-corrected chi connectivity index (χ2v) is 4.38. The maximum Gasteiger partial charge on any atom is 0.176 e. The van der Waals surface area contributed by atoms with E-state index in [1.807, 2.05) is 0 Å². The molecule has 0 radical (unpaired) electrons. The van der Waals surface area contributed by atoms with Gasteiger partial charge in [0.25, 0.3) is 0 Å². The van der Waals surface area contributed by atoms with Gasteiger partial charge in [0, 0.05) is 19.1 Å². The molecule has 1 aromatic heterocycles. The summed E-state index contributed by atoms with van der Waals surface area (Å²) in [7, 11) is 1.76. The molecular weight excluding hydrogens is 206 g/mol. The highest BCUT2D eigenvalue weighted by atomic mass is 16.5. The highest BCUT2D eigenvalue weighted by Crippen LogP contribution is 2.17. The van der Waals surface area contributed by atoms with Gasteiger partial charge in [-0.3, -0.25) is 0 Å². The molecule has 2 atom stereocenters. The van der Waals surface area contributed by atoms with Crippen LogP contribution in [0.5, 0.6) is 0 Å². The monoisotopic (exact) mass is 225 g/mol. The molecule has 90 valence electrons. The van der Waals surface area contributed by atoms with Crippen molar-refractivity contribution in [1.82, 2.24) is 20.2 Å². The molecular formula is C10H19N5O. The summed E-state index contributed by atoms with van der Waals surface area (Å²) in [5.74, 6) is 0.714. The Labute approximate surface area is 95.1 Å². The SMILES string of the molecule is Cn1nnc(CC(N)CC2CCCCO2)n1. The Balaban J connectivity index is 1.77. The second kappa shape index (κ2) is 5.36. The van der Waals surface area contributed by atoms with E-state index in [1.54, 1.807) is 7.05 Å². The molecule has 2 N–H and O–H groups in total. The van der Waals surface area contributed by atoms with Gasteiger partial charge < -0.3 is 10.5 Å². The lowest BCUT2D eigenvalue weighted by Gasteiger charge is -2.24. The van der Waals surface area contributed by atoms with E-state index in [0.29, 0.717) is 18.3 Å². The first kappa shape index (κ1) is 11.5. The van der Waals surface area contributed by atoms with Crippen molar-refractivity contribution in [3.05, 3.63) is 5.82 Å². The maximum atomic E-state index is 6.05. The predicted molar refractivity (Wildman–Crippen MR) is 58.7 cm³/mol. The van der Waals surface area contributed by atoms with Crippen LogP contribution in [0.4, 0.5) is 0 Å². The van der Waals surface area contributed by atoms with E-state index in [-0.39, 0.29) is 6.04 Å². The summed E-state index contributed by atoms with van der Waals surface area (Å²) >= 11 is 0. The number of nitrogens with two attached hydrogens (primary N) is 1. The Hall–Kier alpha value is -1.01. The standard InChI is InChI=1S/C10H19N5O/c1-15-13-10(12-14-15)7-8(11)6-9-4-2-3-5-16-9/h8-9H,2-7,11H2,1H3. The number of aromatic nitrogens is 4. The molecule has 2 unspecified atom stereocenters. The number of nitrogens with zero attached hydrogens (tertiary/aromatic N) is 4. The van der Waals surface area contributed by atoms with E-state index in [0.717, 1.165) is 19.4 Å². The normalized spacial score (nSPS) is 23.2. The first-order valence-electron chi connectivity index (χ1n) is 5.84. The molecule has 0 aliphatic carbocycles. The van der Waals surface area contributed by atoms with Gasteiger partial charge >= 0.3 is 0 Å². The highest BCUT2D eigenvalue weighted by Gasteiger charge is 2.18. The summed E-state index contributed by atoms with van der Waals surface area (Å²) in [6, 6.07) is 0.0623. The zero-order valence-corrected chi connectivity index (χ0v) is 9.67. The van der Waals surface area contributed by atoms with Crippen LogP contribution in [-0.4, -0.2) is 39.0 Å². The quantitative estimate of drug-likeness (QED) is 0.782. The smallest absolute Gasteiger partial charge is 0.176 e. The molecule has 0 amide bonds. The topological polar surface area (TPSA) is 78.9 Å². The fourth-order valence-electron chi connectivity index (χ4n) is 2.05. The van der Waals surface area contributed by atoms with Crippen LogP contribution in [0.1, 0.15) is 31.5 Å². The Bertz CT molecular complexity index is 321. The first-order valence-corrected chi connectivity index (χ1v) is 5.84.